The van der Waals surface area contributed by atoms with Crippen LogP contribution in [0.3, 0.4) is 0 Å². The van der Waals surface area contributed by atoms with Crippen molar-refractivity contribution in [2.45, 2.75) is 44.6 Å². The van der Waals surface area contributed by atoms with Crippen LogP contribution >= 0.6 is 0 Å². The molecule has 1 atom stereocenters. The Morgan fingerprint density at radius 2 is 1.92 bits per heavy atom. The Labute approximate surface area is 144 Å². The summed E-state index contributed by atoms with van der Waals surface area (Å²) in [6.07, 6.45) is 2.30. The third kappa shape index (κ3) is 4.07. The fraction of sp³-hybridized carbons (Fsp3) is 0.647. The fourth-order valence-electron chi connectivity index (χ4n) is 3.22. The number of methoxy groups -OCH3 is 1. The minimum atomic E-state index is -3.77. The maximum atomic E-state index is 14.1. The minimum Gasteiger partial charge on any atom is -0.494 e. The van der Waals surface area contributed by atoms with E-state index in [1.54, 1.807) is 0 Å². The van der Waals surface area contributed by atoms with Crippen molar-refractivity contribution in [3.8, 4) is 5.75 Å². The van der Waals surface area contributed by atoms with E-state index in [1.165, 1.54) is 26.2 Å². The third-order valence-electron chi connectivity index (χ3n) is 4.67. The van der Waals surface area contributed by atoms with Gasteiger partial charge in [-0.05, 0) is 50.9 Å². The second-order valence-corrected chi connectivity index (χ2v) is 8.35. The first-order chi connectivity index (χ1) is 11.3. The van der Waals surface area contributed by atoms with Gasteiger partial charge in [-0.3, -0.25) is 4.90 Å². The number of rotatable bonds is 7. The molecule has 24 heavy (non-hydrogen) atoms. The summed E-state index contributed by atoms with van der Waals surface area (Å²) in [5.74, 6) is -0.261. The molecule has 0 aromatic heterocycles. The van der Waals surface area contributed by atoms with Gasteiger partial charge in [0.25, 0.3) is 0 Å². The molecule has 2 rings (SSSR count). The zero-order chi connectivity index (χ0) is 17.9. The molecule has 7 heteroatoms. The molecule has 1 aromatic rings. The Balaban J connectivity index is 2.17. The van der Waals surface area contributed by atoms with Gasteiger partial charge in [-0.15, -0.1) is 0 Å². The Kier molecular flexibility index (Phi) is 6.22. The van der Waals surface area contributed by atoms with E-state index in [-0.39, 0.29) is 22.3 Å². The predicted octanol–water partition coefficient (Wildman–Crippen LogP) is 2.54. The Bertz CT molecular complexity index is 671. The van der Waals surface area contributed by atoms with Gasteiger partial charge in [0.2, 0.25) is 10.0 Å². The first-order valence-electron chi connectivity index (χ1n) is 8.34. The van der Waals surface area contributed by atoms with Gasteiger partial charge in [-0.25, -0.2) is 17.5 Å². The highest BCUT2D eigenvalue weighted by atomic mass is 32.2. The molecule has 1 heterocycles. The van der Waals surface area contributed by atoms with Gasteiger partial charge in [0.05, 0.1) is 12.0 Å². The number of likely N-dealkylation sites (tertiary alicyclic amines) is 1. The Morgan fingerprint density at radius 3 is 2.46 bits per heavy atom. The van der Waals surface area contributed by atoms with Crippen LogP contribution in [0.1, 0.15) is 32.3 Å². The molecule has 1 saturated heterocycles. The quantitative estimate of drug-likeness (QED) is 0.814. The lowest BCUT2D eigenvalue weighted by Crippen LogP contribution is -2.45. The number of ether oxygens (including phenoxy) is 1. The van der Waals surface area contributed by atoms with E-state index in [4.69, 9.17) is 4.74 Å². The van der Waals surface area contributed by atoms with Crippen LogP contribution in [0.25, 0.3) is 0 Å². The van der Waals surface area contributed by atoms with Crippen molar-refractivity contribution in [1.82, 2.24) is 9.62 Å². The van der Waals surface area contributed by atoms with E-state index in [1.807, 2.05) is 0 Å². The number of nitrogens with one attached hydrogen (secondary N) is 1. The number of sulfonamides is 1. The average molecular weight is 358 g/mol. The molecule has 0 spiro atoms. The van der Waals surface area contributed by atoms with Crippen LogP contribution in [0.5, 0.6) is 5.75 Å². The fourth-order valence-corrected chi connectivity index (χ4v) is 4.51. The summed E-state index contributed by atoms with van der Waals surface area (Å²) in [5.41, 5.74) is 0.0733. The van der Waals surface area contributed by atoms with Crippen molar-refractivity contribution in [3.63, 3.8) is 0 Å². The molecule has 0 unspecified atom stereocenters. The highest BCUT2D eigenvalue weighted by Gasteiger charge is 2.27. The molecular weight excluding hydrogens is 331 g/mol. The van der Waals surface area contributed by atoms with Crippen molar-refractivity contribution >= 4 is 10.0 Å². The highest BCUT2D eigenvalue weighted by Crippen LogP contribution is 2.26. The van der Waals surface area contributed by atoms with Gasteiger partial charge in [0, 0.05) is 18.2 Å². The maximum Gasteiger partial charge on any atom is 0.240 e. The van der Waals surface area contributed by atoms with E-state index < -0.39 is 15.8 Å². The minimum absolute atomic E-state index is 0.0373. The second-order valence-electron chi connectivity index (χ2n) is 6.61. The van der Waals surface area contributed by atoms with Gasteiger partial charge >= 0.3 is 0 Å². The number of hydrogen-bond donors (Lipinski definition) is 1. The summed E-state index contributed by atoms with van der Waals surface area (Å²) in [6, 6.07) is 2.88. The van der Waals surface area contributed by atoms with E-state index in [0.29, 0.717) is 12.5 Å². The van der Waals surface area contributed by atoms with E-state index in [2.05, 4.69) is 23.5 Å². The number of hydrogen-bond acceptors (Lipinski definition) is 4. The molecule has 5 nitrogen and oxygen atoms in total. The van der Waals surface area contributed by atoms with Crippen LogP contribution in [0.4, 0.5) is 4.39 Å². The standard InChI is InChI=1S/C17H27FN2O3S/c1-12(2)14(20-9-5-6-10-20)11-19-24(21,22)16-8-7-15(23-4)17(18)13(16)3/h7-8,12,14,19H,5-6,9-11H2,1-4H3/t14-/m0/s1. The topological polar surface area (TPSA) is 58.6 Å². The van der Waals surface area contributed by atoms with Crippen molar-refractivity contribution in [1.29, 1.82) is 0 Å². The molecule has 1 aliphatic heterocycles. The van der Waals surface area contributed by atoms with E-state index >= 15 is 0 Å². The lowest BCUT2D eigenvalue weighted by Gasteiger charge is -2.31. The summed E-state index contributed by atoms with van der Waals surface area (Å²) >= 11 is 0. The summed E-state index contributed by atoms with van der Waals surface area (Å²) < 4.78 is 46.9. The molecule has 0 saturated carbocycles. The Hall–Kier alpha value is -1.18. The highest BCUT2D eigenvalue weighted by molar-refractivity contribution is 7.89. The maximum absolute atomic E-state index is 14.1. The lowest BCUT2D eigenvalue weighted by atomic mass is 10.0. The molecule has 1 fully saturated rings. The normalized spacial score (nSPS) is 17.4. The SMILES string of the molecule is COc1ccc(S(=O)(=O)NC[C@@H](C(C)C)N2CCCC2)c(C)c1F. The summed E-state index contributed by atoms with van der Waals surface area (Å²) in [5, 5.41) is 0. The number of benzene rings is 1. The smallest absolute Gasteiger partial charge is 0.240 e. The third-order valence-corrected chi connectivity index (χ3v) is 6.24. The zero-order valence-corrected chi connectivity index (χ0v) is 15.6. The second kappa shape index (κ2) is 7.80. The van der Waals surface area contributed by atoms with Gasteiger partial charge in [-0.1, -0.05) is 13.8 Å². The molecule has 1 N–H and O–H groups in total. The van der Waals surface area contributed by atoms with Crippen LogP contribution in [0, 0.1) is 18.7 Å². The summed E-state index contributed by atoms with van der Waals surface area (Å²) in [4.78, 5) is 2.29. The van der Waals surface area contributed by atoms with Crippen molar-refractivity contribution in [2.75, 3.05) is 26.7 Å². The van der Waals surface area contributed by atoms with Crippen LogP contribution in [0.2, 0.25) is 0 Å². The first-order valence-corrected chi connectivity index (χ1v) is 9.83. The molecule has 136 valence electrons. The van der Waals surface area contributed by atoms with Crippen molar-refractivity contribution in [2.24, 2.45) is 5.92 Å². The lowest BCUT2D eigenvalue weighted by molar-refractivity contribution is 0.193. The van der Waals surface area contributed by atoms with Crippen LogP contribution in [-0.4, -0.2) is 46.1 Å². The molecular formula is C17H27FN2O3S. The van der Waals surface area contributed by atoms with Gasteiger partial charge in [0.15, 0.2) is 11.6 Å². The molecule has 0 bridgehead atoms. The monoisotopic (exact) mass is 358 g/mol. The van der Waals surface area contributed by atoms with E-state index in [0.717, 1.165) is 25.9 Å². The first kappa shape index (κ1) is 19.1. The van der Waals surface area contributed by atoms with Gasteiger partial charge in [0.1, 0.15) is 0 Å². The van der Waals surface area contributed by atoms with E-state index in [9.17, 15) is 12.8 Å². The van der Waals surface area contributed by atoms with Gasteiger partial charge < -0.3 is 4.74 Å². The van der Waals surface area contributed by atoms with Crippen LogP contribution in [-0.2, 0) is 10.0 Å². The molecule has 1 aliphatic rings. The number of nitrogens with zero attached hydrogens (tertiary/aromatic N) is 1. The van der Waals surface area contributed by atoms with Crippen LogP contribution in [0.15, 0.2) is 17.0 Å². The zero-order valence-electron chi connectivity index (χ0n) is 14.8. The summed E-state index contributed by atoms with van der Waals surface area (Å²) in [6.45, 7) is 7.96. The number of halogens is 1. The molecule has 1 aromatic carbocycles. The average Bonchev–Trinajstić information content (AvgIpc) is 3.03. The molecule has 0 amide bonds. The molecule has 0 radical (unpaired) electrons. The largest absolute Gasteiger partial charge is 0.494 e. The summed E-state index contributed by atoms with van der Waals surface area (Å²) in [7, 11) is -2.41. The predicted molar refractivity (Wildman–Crippen MR) is 92.3 cm³/mol. The van der Waals surface area contributed by atoms with Crippen molar-refractivity contribution in [3.05, 3.63) is 23.5 Å². The van der Waals surface area contributed by atoms with Crippen molar-refractivity contribution < 1.29 is 17.5 Å². The molecule has 0 aliphatic carbocycles. The Morgan fingerprint density at radius 1 is 1.29 bits per heavy atom. The van der Waals surface area contributed by atoms with Gasteiger partial charge in [-0.2, -0.15) is 0 Å². The van der Waals surface area contributed by atoms with Crippen LogP contribution < -0.4 is 9.46 Å².